The van der Waals surface area contributed by atoms with Crippen LogP contribution >= 0.6 is 0 Å². The first-order chi connectivity index (χ1) is 8.11. The molecule has 2 aromatic rings. The van der Waals surface area contributed by atoms with Crippen LogP contribution in [0.5, 0.6) is 0 Å². The van der Waals surface area contributed by atoms with Gasteiger partial charge in [-0.05, 0) is 47.4 Å². The van der Waals surface area contributed by atoms with E-state index in [2.05, 4.69) is 0 Å². The summed E-state index contributed by atoms with van der Waals surface area (Å²) in [6.45, 7) is 1.99. The van der Waals surface area contributed by atoms with Crippen LogP contribution < -0.4 is 5.73 Å². The molecule has 3 heteroatoms. The van der Waals surface area contributed by atoms with Gasteiger partial charge in [-0.15, -0.1) is 0 Å². The van der Waals surface area contributed by atoms with Crippen LogP contribution in [-0.2, 0) is 6.54 Å². The Labute approximate surface area is 98.9 Å². The van der Waals surface area contributed by atoms with Crippen LogP contribution in [0.15, 0.2) is 36.4 Å². The number of hydrogen-bond donors (Lipinski definition) is 1. The molecule has 1 nitrogen and oxygen atoms in total. The Hall–Kier alpha value is -1.74. The van der Waals surface area contributed by atoms with Crippen LogP contribution in [0.3, 0.4) is 0 Å². The van der Waals surface area contributed by atoms with Gasteiger partial charge in [0.05, 0.1) is 0 Å². The highest BCUT2D eigenvalue weighted by Crippen LogP contribution is 2.26. The van der Waals surface area contributed by atoms with Crippen LogP contribution in [0.1, 0.15) is 11.1 Å². The number of halogens is 2. The van der Waals surface area contributed by atoms with Gasteiger partial charge < -0.3 is 5.73 Å². The summed E-state index contributed by atoms with van der Waals surface area (Å²) in [6.07, 6.45) is 0. The molecule has 2 aromatic carbocycles. The second-order valence-corrected chi connectivity index (χ2v) is 3.97. The normalized spacial score (nSPS) is 10.6. The Morgan fingerprint density at radius 2 is 1.82 bits per heavy atom. The average Bonchev–Trinajstić information content (AvgIpc) is 2.32. The predicted octanol–water partition coefficient (Wildman–Crippen LogP) is 3.40. The topological polar surface area (TPSA) is 26.0 Å². The van der Waals surface area contributed by atoms with Gasteiger partial charge in [0.25, 0.3) is 0 Å². The van der Waals surface area contributed by atoms with Gasteiger partial charge in [0, 0.05) is 6.54 Å². The van der Waals surface area contributed by atoms with Gasteiger partial charge in [-0.25, -0.2) is 8.78 Å². The summed E-state index contributed by atoms with van der Waals surface area (Å²) in [5.41, 5.74) is 8.25. The minimum atomic E-state index is -0.349. The second kappa shape index (κ2) is 4.63. The van der Waals surface area contributed by atoms with E-state index in [1.54, 1.807) is 25.1 Å². The van der Waals surface area contributed by atoms with E-state index in [9.17, 15) is 8.78 Å². The summed E-state index contributed by atoms with van der Waals surface area (Å²) >= 11 is 0. The molecule has 2 rings (SSSR count). The van der Waals surface area contributed by atoms with E-state index >= 15 is 0 Å². The van der Waals surface area contributed by atoms with Crippen LogP contribution in [0.25, 0.3) is 11.1 Å². The van der Waals surface area contributed by atoms with Crippen LogP contribution in [0, 0.1) is 18.6 Å². The number of hydrogen-bond acceptors (Lipinski definition) is 1. The highest BCUT2D eigenvalue weighted by atomic mass is 19.1. The largest absolute Gasteiger partial charge is 0.326 e. The van der Waals surface area contributed by atoms with E-state index < -0.39 is 0 Å². The summed E-state index contributed by atoms with van der Waals surface area (Å²) in [6, 6.07) is 9.22. The molecular weight excluding hydrogens is 220 g/mol. The fraction of sp³-hybridized carbons (Fsp3) is 0.143. The first-order valence-electron chi connectivity index (χ1n) is 5.37. The van der Waals surface area contributed by atoms with Gasteiger partial charge >= 0.3 is 0 Å². The molecule has 0 radical (unpaired) electrons. The molecule has 0 bridgehead atoms. The summed E-state index contributed by atoms with van der Waals surface area (Å²) in [5.74, 6) is -0.645. The van der Waals surface area contributed by atoms with Crippen LogP contribution in [0.2, 0.25) is 0 Å². The summed E-state index contributed by atoms with van der Waals surface area (Å²) in [4.78, 5) is 0. The van der Waals surface area contributed by atoms with Gasteiger partial charge in [-0.1, -0.05) is 18.2 Å². The first kappa shape index (κ1) is 11.7. The summed E-state index contributed by atoms with van der Waals surface area (Å²) < 4.78 is 26.7. The SMILES string of the molecule is Cc1ccc(-c2cc(F)ccc2CN)cc1F. The van der Waals surface area contributed by atoms with Crippen molar-refractivity contribution in [2.24, 2.45) is 5.73 Å². The Morgan fingerprint density at radius 3 is 2.47 bits per heavy atom. The fourth-order valence-electron chi connectivity index (χ4n) is 1.76. The van der Waals surface area contributed by atoms with E-state index in [-0.39, 0.29) is 11.6 Å². The van der Waals surface area contributed by atoms with Crippen LogP contribution in [0.4, 0.5) is 8.78 Å². The van der Waals surface area contributed by atoms with E-state index in [0.717, 1.165) is 5.56 Å². The van der Waals surface area contributed by atoms with Crippen molar-refractivity contribution >= 4 is 0 Å². The summed E-state index contributed by atoms with van der Waals surface area (Å²) in [5, 5.41) is 0. The van der Waals surface area contributed by atoms with Gasteiger partial charge in [0.15, 0.2) is 0 Å². The molecule has 0 aliphatic rings. The van der Waals surface area contributed by atoms with Crippen molar-refractivity contribution in [2.75, 3.05) is 0 Å². The third kappa shape index (κ3) is 2.34. The molecule has 17 heavy (non-hydrogen) atoms. The smallest absolute Gasteiger partial charge is 0.126 e. The molecule has 88 valence electrons. The quantitative estimate of drug-likeness (QED) is 0.845. The fourth-order valence-corrected chi connectivity index (χ4v) is 1.76. The molecule has 0 aromatic heterocycles. The Morgan fingerprint density at radius 1 is 1.06 bits per heavy atom. The zero-order valence-electron chi connectivity index (χ0n) is 9.50. The highest BCUT2D eigenvalue weighted by Gasteiger charge is 2.07. The number of aryl methyl sites for hydroxylation is 1. The Bertz CT molecular complexity index is 550. The number of rotatable bonds is 2. The van der Waals surface area contributed by atoms with Crippen LogP contribution in [-0.4, -0.2) is 0 Å². The first-order valence-corrected chi connectivity index (χ1v) is 5.37. The lowest BCUT2D eigenvalue weighted by atomic mass is 9.98. The second-order valence-electron chi connectivity index (χ2n) is 3.97. The zero-order chi connectivity index (χ0) is 12.4. The van der Waals surface area contributed by atoms with Gasteiger partial charge in [0.2, 0.25) is 0 Å². The Kier molecular flexibility index (Phi) is 3.20. The van der Waals surface area contributed by atoms with Gasteiger partial charge in [-0.3, -0.25) is 0 Å². The molecule has 0 fully saturated rings. The van der Waals surface area contributed by atoms with Gasteiger partial charge in [-0.2, -0.15) is 0 Å². The third-order valence-electron chi connectivity index (χ3n) is 2.77. The van der Waals surface area contributed by atoms with Crippen molar-refractivity contribution in [1.29, 1.82) is 0 Å². The minimum Gasteiger partial charge on any atom is -0.326 e. The monoisotopic (exact) mass is 233 g/mol. The predicted molar refractivity (Wildman–Crippen MR) is 64.4 cm³/mol. The lowest BCUT2D eigenvalue weighted by Crippen LogP contribution is -1.99. The molecule has 0 aliphatic carbocycles. The Balaban J connectivity index is 2.58. The van der Waals surface area contributed by atoms with E-state index in [4.69, 9.17) is 5.73 Å². The average molecular weight is 233 g/mol. The van der Waals surface area contributed by atoms with Crippen molar-refractivity contribution in [3.8, 4) is 11.1 Å². The third-order valence-corrected chi connectivity index (χ3v) is 2.77. The maximum atomic E-state index is 13.5. The molecular formula is C14H13F2N. The van der Waals surface area contributed by atoms with Crippen molar-refractivity contribution in [2.45, 2.75) is 13.5 Å². The minimum absolute atomic E-state index is 0.297. The van der Waals surface area contributed by atoms with E-state index in [1.165, 1.54) is 18.2 Å². The van der Waals surface area contributed by atoms with Gasteiger partial charge in [0.1, 0.15) is 11.6 Å². The molecule has 0 heterocycles. The van der Waals surface area contributed by atoms with E-state index in [1.807, 2.05) is 0 Å². The number of benzene rings is 2. The molecule has 2 N–H and O–H groups in total. The summed E-state index contributed by atoms with van der Waals surface area (Å²) in [7, 11) is 0. The highest BCUT2D eigenvalue weighted by molar-refractivity contribution is 5.67. The zero-order valence-corrected chi connectivity index (χ0v) is 9.50. The molecule has 0 aliphatic heterocycles. The van der Waals surface area contributed by atoms with Crippen molar-refractivity contribution in [1.82, 2.24) is 0 Å². The lowest BCUT2D eigenvalue weighted by Gasteiger charge is -2.09. The number of nitrogens with two attached hydrogens (primary N) is 1. The van der Waals surface area contributed by atoms with E-state index in [0.29, 0.717) is 23.2 Å². The molecule has 0 saturated carbocycles. The maximum absolute atomic E-state index is 13.5. The van der Waals surface area contributed by atoms with Crippen molar-refractivity contribution < 1.29 is 8.78 Å². The molecule has 0 saturated heterocycles. The van der Waals surface area contributed by atoms with Crippen molar-refractivity contribution in [3.63, 3.8) is 0 Å². The standard InChI is InChI=1S/C14H13F2N/c1-9-2-3-10(6-14(9)16)13-7-12(15)5-4-11(13)8-17/h2-7H,8,17H2,1H3. The molecule has 0 unspecified atom stereocenters. The lowest BCUT2D eigenvalue weighted by molar-refractivity contribution is 0.618. The molecule has 0 amide bonds. The molecule has 0 spiro atoms. The maximum Gasteiger partial charge on any atom is 0.126 e. The van der Waals surface area contributed by atoms with Crippen molar-refractivity contribution in [3.05, 3.63) is 59.2 Å². The molecule has 0 atom stereocenters.